The minimum atomic E-state index is -0.688. The number of rotatable bonds is 1. The van der Waals surface area contributed by atoms with Gasteiger partial charge < -0.3 is 9.47 Å². The first-order valence-corrected chi connectivity index (χ1v) is 4.96. The number of hydrogen-bond donors (Lipinski definition) is 2. The molecule has 1 heterocycles. The van der Waals surface area contributed by atoms with Gasteiger partial charge in [-0.1, -0.05) is 0 Å². The molecular formula is C11H14N2O3. The van der Waals surface area contributed by atoms with Gasteiger partial charge in [-0.05, 0) is 24.6 Å². The van der Waals surface area contributed by atoms with Gasteiger partial charge >= 0.3 is 0 Å². The summed E-state index contributed by atoms with van der Waals surface area (Å²) in [5.41, 5.74) is 3.38. The summed E-state index contributed by atoms with van der Waals surface area (Å²) >= 11 is 0. The Morgan fingerprint density at radius 3 is 2.44 bits per heavy atom. The van der Waals surface area contributed by atoms with Crippen molar-refractivity contribution >= 4 is 5.91 Å². The fourth-order valence-corrected chi connectivity index (χ4v) is 1.69. The number of nitrogen functional groups attached to an aromatic ring is 1. The number of nitrogens with two attached hydrogens (primary N) is 1. The Kier molecular flexibility index (Phi) is 2.27. The largest absolute Gasteiger partial charge is 0.449 e. The zero-order chi connectivity index (χ0) is 11.9. The normalized spacial score (nSPS) is 16.0. The van der Waals surface area contributed by atoms with Crippen LogP contribution >= 0.6 is 0 Å². The third-order valence-corrected chi connectivity index (χ3v) is 2.38. The number of amides is 1. The van der Waals surface area contributed by atoms with Crippen LogP contribution in [0.5, 0.6) is 11.5 Å². The lowest BCUT2D eigenvalue weighted by Crippen LogP contribution is -2.30. The molecule has 5 nitrogen and oxygen atoms in total. The molecule has 0 radical (unpaired) electrons. The molecule has 1 amide bonds. The maximum absolute atomic E-state index is 11.5. The molecule has 0 spiro atoms. The predicted octanol–water partition coefficient (Wildman–Crippen LogP) is 1.11. The fraction of sp³-hybridized carbons (Fsp3) is 0.364. The molecule has 1 aromatic carbocycles. The summed E-state index contributed by atoms with van der Waals surface area (Å²) in [4.78, 5) is 11.5. The Morgan fingerprint density at radius 2 is 1.88 bits per heavy atom. The molecule has 86 valence electrons. The smallest absolute Gasteiger partial charge is 0.265 e. The highest BCUT2D eigenvalue weighted by Crippen LogP contribution is 2.40. The van der Waals surface area contributed by atoms with E-state index in [4.69, 9.17) is 15.3 Å². The lowest BCUT2D eigenvalue weighted by molar-refractivity contribution is -0.0431. The highest BCUT2D eigenvalue weighted by molar-refractivity contribution is 5.96. The van der Waals surface area contributed by atoms with Crippen LogP contribution in [0.25, 0.3) is 0 Å². The van der Waals surface area contributed by atoms with E-state index >= 15 is 0 Å². The highest BCUT2D eigenvalue weighted by Gasteiger charge is 2.32. The number of carbonyl (C=O) groups is 1. The minimum absolute atomic E-state index is 0.339. The molecule has 2 rings (SSSR count). The Morgan fingerprint density at radius 1 is 1.31 bits per heavy atom. The van der Waals surface area contributed by atoms with E-state index in [0.717, 1.165) is 5.56 Å². The monoisotopic (exact) mass is 222 g/mol. The standard InChI is InChI=1S/C11H14N2O3/c1-6-4-8-9(16-11(2,3)15-8)5-7(6)10(14)13-12/h4-5H,12H2,1-3H3,(H,13,14). The molecule has 0 saturated carbocycles. The Balaban J connectivity index is 2.45. The lowest BCUT2D eigenvalue weighted by Gasteiger charge is -2.16. The molecule has 1 aromatic rings. The van der Waals surface area contributed by atoms with Crippen molar-refractivity contribution in [3.8, 4) is 11.5 Å². The van der Waals surface area contributed by atoms with E-state index in [1.165, 1.54) is 0 Å². The molecular weight excluding hydrogens is 208 g/mol. The van der Waals surface area contributed by atoms with E-state index in [2.05, 4.69) is 5.43 Å². The van der Waals surface area contributed by atoms with Crippen LogP contribution in [0.1, 0.15) is 29.8 Å². The summed E-state index contributed by atoms with van der Waals surface area (Å²) in [6, 6.07) is 3.41. The number of fused-ring (bicyclic) bond motifs is 1. The molecule has 0 atom stereocenters. The molecule has 0 bridgehead atoms. The number of hydrogen-bond acceptors (Lipinski definition) is 4. The number of aryl methyl sites for hydroxylation is 1. The van der Waals surface area contributed by atoms with Crippen molar-refractivity contribution in [1.29, 1.82) is 0 Å². The molecule has 0 aromatic heterocycles. The van der Waals surface area contributed by atoms with Gasteiger partial charge in [0.2, 0.25) is 5.79 Å². The number of hydrazine groups is 1. The zero-order valence-electron chi connectivity index (χ0n) is 9.46. The van der Waals surface area contributed by atoms with Gasteiger partial charge in [-0.3, -0.25) is 10.2 Å². The van der Waals surface area contributed by atoms with Gasteiger partial charge in [-0.15, -0.1) is 0 Å². The Hall–Kier alpha value is -1.75. The van der Waals surface area contributed by atoms with Crippen molar-refractivity contribution in [3.63, 3.8) is 0 Å². The average Bonchev–Trinajstić information content (AvgIpc) is 2.48. The topological polar surface area (TPSA) is 73.6 Å². The van der Waals surface area contributed by atoms with Crippen molar-refractivity contribution in [2.75, 3.05) is 0 Å². The van der Waals surface area contributed by atoms with E-state index in [0.29, 0.717) is 17.1 Å². The van der Waals surface area contributed by atoms with Crippen LogP contribution in [0.3, 0.4) is 0 Å². The second-order valence-electron chi connectivity index (χ2n) is 4.19. The first-order valence-electron chi connectivity index (χ1n) is 4.96. The first kappa shape index (κ1) is 10.8. The maximum Gasteiger partial charge on any atom is 0.265 e. The number of ether oxygens (including phenoxy) is 2. The summed E-state index contributed by atoms with van der Waals surface area (Å²) in [6.07, 6.45) is 0. The third-order valence-electron chi connectivity index (χ3n) is 2.38. The van der Waals surface area contributed by atoms with Crippen molar-refractivity contribution in [2.45, 2.75) is 26.6 Å². The van der Waals surface area contributed by atoms with E-state index in [1.54, 1.807) is 12.1 Å². The Labute approximate surface area is 93.5 Å². The second kappa shape index (κ2) is 3.38. The van der Waals surface area contributed by atoms with Crippen molar-refractivity contribution in [2.24, 2.45) is 5.84 Å². The number of nitrogens with one attached hydrogen (secondary N) is 1. The van der Waals surface area contributed by atoms with Crippen LogP contribution in [-0.4, -0.2) is 11.7 Å². The molecule has 3 N–H and O–H groups in total. The zero-order valence-corrected chi connectivity index (χ0v) is 9.46. The number of carbonyl (C=O) groups excluding carboxylic acids is 1. The van der Waals surface area contributed by atoms with Crippen molar-refractivity contribution in [3.05, 3.63) is 23.3 Å². The van der Waals surface area contributed by atoms with E-state index in [9.17, 15) is 4.79 Å². The molecule has 16 heavy (non-hydrogen) atoms. The lowest BCUT2D eigenvalue weighted by atomic mass is 10.1. The molecule has 1 aliphatic heterocycles. The first-order chi connectivity index (χ1) is 7.43. The third kappa shape index (κ3) is 1.69. The minimum Gasteiger partial charge on any atom is -0.449 e. The van der Waals surface area contributed by atoms with E-state index in [1.807, 2.05) is 20.8 Å². The maximum atomic E-state index is 11.5. The second-order valence-corrected chi connectivity index (χ2v) is 4.19. The van der Waals surface area contributed by atoms with Crippen LogP contribution in [0.4, 0.5) is 0 Å². The quantitative estimate of drug-likeness (QED) is 0.424. The van der Waals surface area contributed by atoms with Crippen molar-refractivity contribution in [1.82, 2.24) is 5.43 Å². The van der Waals surface area contributed by atoms with Crippen LogP contribution in [-0.2, 0) is 0 Å². The molecule has 1 aliphatic rings. The summed E-state index contributed by atoms with van der Waals surface area (Å²) < 4.78 is 11.1. The summed E-state index contributed by atoms with van der Waals surface area (Å²) in [6.45, 7) is 5.44. The van der Waals surface area contributed by atoms with Gasteiger partial charge in [0.1, 0.15) is 0 Å². The van der Waals surface area contributed by atoms with Gasteiger partial charge in [-0.25, -0.2) is 5.84 Å². The molecule has 0 aliphatic carbocycles. The summed E-state index contributed by atoms with van der Waals surface area (Å²) in [5.74, 6) is 5.29. The van der Waals surface area contributed by atoms with Gasteiger partial charge in [-0.2, -0.15) is 0 Å². The van der Waals surface area contributed by atoms with Crippen LogP contribution in [0.2, 0.25) is 0 Å². The molecule has 0 saturated heterocycles. The average molecular weight is 222 g/mol. The SMILES string of the molecule is Cc1cc2c(cc1C(=O)NN)OC(C)(C)O2. The predicted molar refractivity (Wildman–Crippen MR) is 58.2 cm³/mol. The fourth-order valence-electron chi connectivity index (χ4n) is 1.69. The molecule has 5 heteroatoms. The van der Waals surface area contributed by atoms with Gasteiger partial charge in [0.25, 0.3) is 5.91 Å². The van der Waals surface area contributed by atoms with E-state index in [-0.39, 0.29) is 5.91 Å². The van der Waals surface area contributed by atoms with Gasteiger partial charge in [0, 0.05) is 19.4 Å². The van der Waals surface area contributed by atoms with Gasteiger partial charge in [0.05, 0.1) is 0 Å². The van der Waals surface area contributed by atoms with Crippen LogP contribution < -0.4 is 20.7 Å². The molecule has 0 fully saturated rings. The Bertz CT molecular complexity index is 455. The summed E-state index contributed by atoms with van der Waals surface area (Å²) in [7, 11) is 0. The van der Waals surface area contributed by atoms with Crippen LogP contribution in [0, 0.1) is 6.92 Å². The van der Waals surface area contributed by atoms with Crippen molar-refractivity contribution < 1.29 is 14.3 Å². The van der Waals surface area contributed by atoms with E-state index < -0.39 is 5.79 Å². The summed E-state index contributed by atoms with van der Waals surface area (Å²) in [5, 5.41) is 0. The van der Waals surface area contributed by atoms with Crippen LogP contribution in [0.15, 0.2) is 12.1 Å². The number of benzene rings is 1. The highest BCUT2D eigenvalue weighted by atomic mass is 16.7. The van der Waals surface area contributed by atoms with Gasteiger partial charge in [0.15, 0.2) is 11.5 Å². The molecule has 0 unspecified atom stereocenters.